The maximum absolute atomic E-state index is 12.0. The Labute approximate surface area is 143 Å². The van der Waals surface area contributed by atoms with E-state index in [1.165, 1.54) is 11.6 Å². The Balaban J connectivity index is 1.92. The van der Waals surface area contributed by atoms with Crippen molar-refractivity contribution in [2.45, 2.75) is 19.4 Å². The molecule has 0 saturated carbocycles. The van der Waals surface area contributed by atoms with Crippen molar-refractivity contribution in [3.8, 4) is 11.5 Å². The molecule has 0 radical (unpaired) electrons. The van der Waals surface area contributed by atoms with Gasteiger partial charge < -0.3 is 14.8 Å². The van der Waals surface area contributed by atoms with Gasteiger partial charge in [-0.25, -0.2) is 0 Å². The number of amides is 1. The van der Waals surface area contributed by atoms with Crippen LogP contribution in [0.4, 0.5) is 0 Å². The summed E-state index contributed by atoms with van der Waals surface area (Å²) in [7, 11) is 3.18. The van der Waals surface area contributed by atoms with Crippen LogP contribution >= 0.6 is 0 Å². The lowest BCUT2D eigenvalue weighted by atomic mass is 10.1. The van der Waals surface area contributed by atoms with Crippen LogP contribution in [0.1, 0.15) is 18.1 Å². The Morgan fingerprint density at radius 1 is 1.08 bits per heavy atom. The first-order valence-corrected chi connectivity index (χ1v) is 7.87. The normalized spacial score (nSPS) is 12.0. The van der Waals surface area contributed by atoms with Crippen LogP contribution < -0.4 is 14.8 Å². The molecule has 2 aromatic rings. The molecule has 0 aliphatic heterocycles. The maximum atomic E-state index is 12.0. The summed E-state index contributed by atoms with van der Waals surface area (Å²) in [6.07, 6.45) is 4.09. The number of nitrogens with one attached hydrogen (secondary N) is 1. The summed E-state index contributed by atoms with van der Waals surface area (Å²) in [6, 6.07) is 15.7. The van der Waals surface area contributed by atoms with Gasteiger partial charge in [-0.15, -0.1) is 0 Å². The number of hydrogen-bond acceptors (Lipinski definition) is 3. The van der Waals surface area contributed by atoms with Crippen molar-refractivity contribution in [3.63, 3.8) is 0 Å². The zero-order valence-electron chi connectivity index (χ0n) is 14.3. The van der Waals surface area contributed by atoms with Crippen LogP contribution in [0.3, 0.4) is 0 Å². The van der Waals surface area contributed by atoms with Gasteiger partial charge in [0.1, 0.15) is 0 Å². The predicted molar refractivity (Wildman–Crippen MR) is 96.3 cm³/mol. The largest absolute Gasteiger partial charge is 0.493 e. The smallest absolute Gasteiger partial charge is 0.244 e. The van der Waals surface area contributed by atoms with Gasteiger partial charge in [-0.2, -0.15) is 0 Å². The fourth-order valence-electron chi connectivity index (χ4n) is 2.44. The van der Waals surface area contributed by atoms with Crippen LogP contribution in [-0.2, 0) is 11.2 Å². The molecule has 4 heteroatoms. The van der Waals surface area contributed by atoms with E-state index in [-0.39, 0.29) is 11.9 Å². The number of rotatable bonds is 7. The highest BCUT2D eigenvalue weighted by Crippen LogP contribution is 2.27. The lowest BCUT2D eigenvalue weighted by Gasteiger charge is -2.12. The lowest BCUT2D eigenvalue weighted by molar-refractivity contribution is -0.117. The summed E-state index contributed by atoms with van der Waals surface area (Å²) in [5.74, 6) is 1.18. The minimum absolute atomic E-state index is 0.0648. The van der Waals surface area contributed by atoms with Gasteiger partial charge in [-0.05, 0) is 42.7 Å². The van der Waals surface area contributed by atoms with Gasteiger partial charge in [0.05, 0.1) is 14.2 Å². The number of hydrogen-bond donors (Lipinski definition) is 1. The van der Waals surface area contributed by atoms with Gasteiger partial charge in [0.25, 0.3) is 0 Å². The average molecular weight is 325 g/mol. The van der Waals surface area contributed by atoms with Crippen molar-refractivity contribution in [3.05, 3.63) is 65.7 Å². The molecule has 0 aromatic heterocycles. The molecular weight excluding hydrogens is 302 g/mol. The van der Waals surface area contributed by atoms with Crippen LogP contribution in [0, 0.1) is 0 Å². The van der Waals surface area contributed by atoms with Crippen molar-refractivity contribution in [1.29, 1.82) is 0 Å². The summed E-state index contributed by atoms with van der Waals surface area (Å²) in [5.41, 5.74) is 2.08. The minimum atomic E-state index is -0.117. The van der Waals surface area contributed by atoms with Crippen molar-refractivity contribution in [1.82, 2.24) is 5.32 Å². The van der Waals surface area contributed by atoms with E-state index in [0.29, 0.717) is 11.5 Å². The highest BCUT2D eigenvalue weighted by molar-refractivity contribution is 5.92. The average Bonchev–Trinajstić information content (AvgIpc) is 2.60. The van der Waals surface area contributed by atoms with Gasteiger partial charge in [0.2, 0.25) is 5.91 Å². The second-order valence-corrected chi connectivity index (χ2v) is 5.55. The Morgan fingerprint density at radius 3 is 2.46 bits per heavy atom. The van der Waals surface area contributed by atoms with Crippen LogP contribution in [0.5, 0.6) is 11.5 Å². The number of carbonyl (C=O) groups is 1. The SMILES string of the molecule is COc1ccc(/C=C/C(=O)N[C@H](C)Cc2ccccc2)cc1OC. The molecule has 4 nitrogen and oxygen atoms in total. The Bertz CT molecular complexity index is 695. The zero-order valence-corrected chi connectivity index (χ0v) is 14.3. The molecule has 1 amide bonds. The monoisotopic (exact) mass is 325 g/mol. The van der Waals surface area contributed by atoms with E-state index in [0.717, 1.165) is 12.0 Å². The second-order valence-electron chi connectivity index (χ2n) is 5.55. The fraction of sp³-hybridized carbons (Fsp3) is 0.250. The summed E-state index contributed by atoms with van der Waals surface area (Å²) >= 11 is 0. The first-order chi connectivity index (χ1) is 11.6. The third-order valence-electron chi connectivity index (χ3n) is 3.61. The highest BCUT2D eigenvalue weighted by atomic mass is 16.5. The Kier molecular flexibility index (Phi) is 6.43. The summed E-state index contributed by atoms with van der Waals surface area (Å²) in [5, 5.41) is 2.97. The molecule has 0 heterocycles. The molecule has 0 aliphatic carbocycles. The molecule has 0 saturated heterocycles. The summed E-state index contributed by atoms with van der Waals surface area (Å²) in [6.45, 7) is 2.00. The third-order valence-corrected chi connectivity index (χ3v) is 3.61. The van der Waals surface area contributed by atoms with Crippen LogP contribution in [0.25, 0.3) is 6.08 Å². The molecule has 0 unspecified atom stereocenters. The Morgan fingerprint density at radius 2 is 1.79 bits per heavy atom. The molecular formula is C20H23NO3. The van der Waals surface area contributed by atoms with E-state index in [1.807, 2.05) is 43.3 Å². The topological polar surface area (TPSA) is 47.6 Å². The predicted octanol–water partition coefficient (Wildman–Crippen LogP) is 3.46. The summed E-state index contributed by atoms with van der Waals surface area (Å²) < 4.78 is 10.5. The first kappa shape index (κ1) is 17.6. The molecule has 2 aromatic carbocycles. The van der Waals surface area contributed by atoms with E-state index in [1.54, 1.807) is 20.3 Å². The fourth-order valence-corrected chi connectivity index (χ4v) is 2.44. The quantitative estimate of drug-likeness (QED) is 0.793. The van der Waals surface area contributed by atoms with Crippen LogP contribution in [0.15, 0.2) is 54.6 Å². The van der Waals surface area contributed by atoms with Gasteiger partial charge in [0.15, 0.2) is 11.5 Å². The van der Waals surface area contributed by atoms with Gasteiger partial charge in [-0.1, -0.05) is 36.4 Å². The van der Waals surface area contributed by atoms with Crippen molar-refractivity contribution < 1.29 is 14.3 Å². The third kappa shape index (κ3) is 5.16. The number of methoxy groups -OCH3 is 2. The molecule has 0 aliphatic rings. The van der Waals surface area contributed by atoms with Crippen molar-refractivity contribution in [2.75, 3.05) is 14.2 Å². The van der Waals surface area contributed by atoms with Gasteiger partial charge in [0, 0.05) is 12.1 Å². The van der Waals surface area contributed by atoms with Crippen molar-refractivity contribution in [2.24, 2.45) is 0 Å². The van der Waals surface area contributed by atoms with Crippen molar-refractivity contribution >= 4 is 12.0 Å². The molecule has 0 fully saturated rings. The van der Waals surface area contributed by atoms with E-state index in [9.17, 15) is 4.79 Å². The lowest BCUT2D eigenvalue weighted by Crippen LogP contribution is -2.32. The molecule has 24 heavy (non-hydrogen) atoms. The number of carbonyl (C=O) groups excluding carboxylic acids is 1. The molecule has 126 valence electrons. The summed E-state index contributed by atoms with van der Waals surface area (Å²) in [4.78, 5) is 12.0. The van der Waals surface area contributed by atoms with Gasteiger partial charge in [-0.3, -0.25) is 4.79 Å². The maximum Gasteiger partial charge on any atom is 0.244 e. The number of ether oxygens (including phenoxy) is 2. The van der Waals surface area contributed by atoms with E-state index in [2.05, 4.69) is 17.4 Å². The second kappa shape index (κ2) is 8.77. The standard InChI is InChI=1S/C20H23NO3/c1-15(13-16-7-5-4-6-8-16)21-20(22)12-10-17-9-11-18(23-2)19(14-17)24-3/h4-12,14-15H,13H2,1-3H3,(H,21,22)/b12-10+/t15-/m1/s1. The number of benzene rings is 2. The van der Waals surface area contributed by atoms with Crippen LogP contribution in [-0.4, -0.2) is 26.2 Å². The zero-order chi connectivity index (χ0) is 17.4. The van der Waals surface area contributed by atoms with Gasteiger partial charge >= 0.3 is 0 Å². The molecule has 1 N–H and O–H groups in total. The highest BCUT2D eigenvalue weighted by Gasteiger charge is 2.06. The van der Waals surface area contributed by atoms with Crippen LogP contribution in [0.2, 0.25) is 0 Å². The first-order valence-electron chi connectivity index (χ1n) is 7.87. The molecule has 2 rings (SSSR count). The van der Waals surface area contributed by atoms with E-state index < -0.39 is 0 Å². The minimum Gasteiger partial charge on any atom is -0.493 e. The molecule has 1 atom stereocenters. The molecule has 0 spiro atoms. The van der Waals surface area contributed by atoms with E-state index in [4.69, 9.17) is 9.47 Å². The Hall–Kier alpha value is -2.75. The van der Waals surface area contributed by atoms with E-state index >= 15 is 0 Å². The molecule has 0 bridgehead atoms.